The number of benzene rings is 2. The molecule has 0 fully saturated rings. The Bertz CT molecular complexity index is 1580. The topological polar surface area (TPSA) is 107 Å². The molecule has 2 aliphatic carbocycles. The van der Waals surface area contributed by atoms with Gasteiger partial charge in [0, 0.05) is 11.4 Å². The summed E-state index contributed by atoms with van der Waals surface area (Å²) in [5.41, 5.74) is 8.32. The second-order valence-electron chi connectivity index (χ2n) is 12.8. The predicted octanol–water partition coefficient (Wildman–Crippen LogP) is 9.64. The van der Waals surface area contributed by atoms with E-state index in [4.69, 9.17) is 0 Å². The average molecular weight is 562 g/mol. The molecule has 212 valence electrons. The van der Waals surface area contributed by atoms with Gasteiger partial charge in [0.15, 0.2) is 0 Å². The maximum atomic E-state index is 9.31. The van der Waals surface area contributed by atoms with Crippen LogP contribution in [0.15, 0.2) is 106 Å². The first-order valence-electron chi connectivity index (χ1n) is 14.3. The van der Waals surface area contributed by atoms with Crippen molar-refractivity contribution in [3.63, 3.8) is 0 Å². The second-order valence-corrected chi connectivity index (χ2v) is 12.8. The fourth-order valence-electron chi connectivity index (χ4n) is 5.71. The number of hydrogen-bond acceptors (Lipinski definition) is 5. The Kier molecular flexibility index (Phi) is 9.31. The fraction of sp³-hybridized carbons (Fsp3) is 0.263. The Labute approximate surface area is 255 Å². The van der Waals surface area contributed by atoms with Crippen LogP contribution < -0.4 is 5.32 Å². The van der Waals surface area contributed by atoms with Crippen molar-refractivity contribution in [1.29, 1.82) is 21.0 Å². The summed E-state index contributed by atoms with van der Waals surface area (Å²) >= 11 is 0. The van der Waals surface area contributed by atoms with Crippen LogP contribution >= 0.6 is 0 Å². The van der Waals surface area contributed by atoms with Gasteiger partial charge in [0.05, 0.1) is 0 Å². The molecule has 4 rings (SSSR count). The monoisotopic (exact) mass is 561 g/mol. The van der Waals surface area contributed by atoms with E-state index >= 15 is 0 Å². The molecule has 5 heteroatoms. The lowest BCUT2D eigenvalue weighted by Crippen LogP contribution is -2.17. The van der Waals surface area contributed by atoms with Crippen molar-refractivity contribution in [2.45, 2.75) is 53.4 Å². The molecule has 0 aromatic heterocycles. The second kappa shape index (κ2) is 13.1. The molecule has 0 amide bonds. The van der Waals surface area contributed by atoms with Crippen LogP contribution in [0.25, 0.3) is 12.2 Å². The third-order valence-electron chi connectivity index (χ3n) is 7.60. The van der Waals surface area contributed by atoms with E-state index in [1.165, 1.54) is 0 Å². The van der Waals surface area contributed by atoms with E-state index in [-0.39, 0.29) is 22.0 Å². The summed E-state index contributed by atoms with van der Waals surface area (Å²) in [5.74, 6) is 0. The number of nitrogens with one attached hydrogen (secondary N) is 1. The summed E-state index contributed by atoms with van der Waals surface area (Å²) in [7, 11) is 0. The lowest BCUT2D eigenvalue weighted by atomic mass is 9.74. The lowest BCUT2D eigenvalue weighted by Gasteiger charge is -2.30. The molecule has 0 bridgehead atoms. The molecule has 0 saturated carbocycles. The van der Waals surface area contributed by atoms with Crippen molar-refractivity contribution in [2.75, 3.05) is 5.32 Å². The van der Waals surface area contributed by atoms with Gasteiger partial charge in [-0.05, 0) is 94.2 Å². The molecule has 0 spiro atoms. The average Bonchev–Trinajstić information content (AvgIpc) is 2.96. The molecule has 0 aliphatic heterocycles. The zero-order valence-corrected chi connectivity index (χ0v) is 25.2. The van der Waals surface area contributed by atoms with Crippen molar-refractivity contribution in [2.24, 2.45) is 10.8 Å². The smallest absolute Gasteiger partial charge is 0.132 e. The van der Waals surface area contributed by atoms with Crippen LogP contribution in [0.3, 0.4) is 0 Å². The highest BCUT2D eigenvalue weighted by Crippen LogP contribution is 2.40. The van der Waals surface area contributed by atoms with E-state index in [0.717, 1.165) is 70.5 Å². The Morgan fingerprint density at radius 3 is 1.23 bits per heavy atom. The summed E-state index contributed by atoms with van der Waals surface area (Å²) in [6.07, 6.45) is 15.5. The quantitative estimate of drug-likeness (QED) is 0.353. The normalized spacial score (nSPS) is 17.2. The minimum atomic E-state index is -0.00706. The van der Waals surface area contributed by atoms with Crippen LogP contribution in [-0.2, 0) is 0 Å². The molecule has 0 radical (unpaired) electrons. The van der Waals surface area contributed by atoms with Gasteiger partial charge in [-0.25, -0.2) is 0 Å². The van der Waals surface area contributed by atoms with Crippen molar-refractivity contribution < 1.29 is 0 Å². The van der Waals surface area contributed by atoms with Gasteiger partial charge >= 0.3 is 0 Å². The van der Waals surface area contributed by atoms with Crippen LogP contribution in [0.5, 0.6) is 0 Å². The Morgan fingerprint density at radius 1 is 0.558 bits per heavy atom. The molecule has 2 aliphatic rings. The molecular weight excluding hydrogens is 526 g/mol. The summed E-state index contributed by atoms with van der Waals surface area (Å²) in [5, 5.41) is 40.7. The molecule has 0 heterocycles. The van der Waals surface area contributed by atoms with E-state index < -0.39 is 0 Å². The number of allylic oxidation sites excluding steroid dienone is 10. The number of nitrogens with zero attached hydrogens (tertiary/aromatic N) is 4. The van der Waals surface area contributed by atoms with Gasteiger partial charge in [0.2, 0.25) is 0 Å². The van der Waals surface area contributed by atoms with Gasteiger partial charge < -0.3 is 5.32 Å². The molecule has 1 N–H and O–H groups in total. The summed E-state index contributed by atoms with van der Waals surface area (Å²) in [6.45, 7) is 8.65. The van der Waals surface area contributed by atoms with Gasteiger partial charge in [0.25, 0.3) is 0 Å². The Hall–Kier alpha value is -5.36. The SMILES string of the molecule is CC1(C)CC(/C=C/c2ccc(Nc3ccc(/C=C/C4=CC(=C(C#N)C#N)CC(C)(C)C4)cc3)cc2)=CC(=C(C#N)C#N)C1. The van der Waals surface area contributed by atoms with Crippen molar-refractivity contribution in [1.82, 2.24) is 0 Å². The Balaban J connectivity index is 1.41. The largest absolute Gasteiger partial charge is 0.356 e. The third-order valence-corrected chi connectivity index (χ3v) is 7.60. The maximum Gasteiger partial charge on any atom is 0.132 e. The zero-order valence-electron chi connectivity index (χ0n) is 25.2. The van der Waals surface area contributed by atoms with Gasteiger partial charge in [-0.2, -0.15) is 21.0 Å². The van der Waals surface area contributed by atoms with Crippen LogP contribution in [-0.4, -0.2) is 0 Å². The van der Waals surface area contributed by atoms with Crippen molar-refractivity contribution in [3.05, 3.63) is 117 Å². The number of anilines is 2. The van der Waals surface area contributed by atoms with Crippen LogP contribution in [0.4, 0.5) is 11.4 Å². The summed E-state index contributed by atoms with van der Waals surface area (Å²) in [6, 6.07) is 24.5. The highest BCUT2D eigenvalue weighted by atomic mass is 14.9. The molecule has 0 atom stereocenters. The van der Waals surface area contributed by atoms with Crippen molar-refractivity contribution in [3.8, 4) is 24.3 Å². The lowest BCUT2D eigenvalue weighted by molar-refractivity contribution is 0.354. The van der Waals surface area contributed by atoms with E-state index in [1.54, 1.807) is 0 Å². The van der Waals surface area contributed by atoms with Crippen LogP contribution in [0.1, 0.15) is 64.5 Å². The molecule has 0 unspecified atom stereocenters. The van der Waals surface area contributed by atoms with Crippen LogP contribution in [0.2, 0.25) is 0 Å². The van der Waals surface area contributed by atoms with E-state index in [9.17, 15) is 21.0 Å². The molecule has 43 heavy (non-hydrogen) atoms. The number of hydrogen-bond donors (Lipinski definition) is 1. The summed E-state index contributed by atoms with van der Waals surface area (Å²) < 4.78 is 0. The first kappa shape index (κ1) is 30.6. The molecule has 2 aromatic rings. The molecule has 2 aromatic carbocycles. The van der Waals surface area contributed by atoms with Gasteiger partial charge in [-0.15, -0.1) is 0 Å². The van der Waals surface area contributed by atoms with Crippen molar-refractivity contribution >= 4 is 23.5 Å². The van der Waals surface area contributed by atoms with E-state index in [1.807, 2.05) is 60.7 Å². The first-order valence-corrected chi connectivity index (χ1v) is 14.3. The fourth-order valence-corrected chi connectivity index (χ4v) is 5.71. The highest BCUT2D eigenvalue weighted by molar-refractivity contribution is 5.65. The predicted molar refractivity (Wildman–Crippen MR) is 173 cm³/mol. The maximum absolute atomic E-state index is 9.31. The standard InChI is InChI=1S/C38H35N5/c1-37(2)19-29(17-31(21-37)33(23-39)24-40)7-5-27-9-13-35(14-10-27)43-36-15-11-28(12-16-36)6-8-30-18-32(34(25-41)26-42)22-38(3,4)20-30/h5-18,43H,19-22H2,1-4H3/b7-5+,8-6+. The van der Waals surface area contributed by atoms with E-state index in [0.29, 0.717) is 0 Å². The Morgan fingerprint density at radius 2 is 0.907 bits per heavy atom. The van der Waals surface area contributed by atoms with Crippen LogP contribution in [0, 0.1) is 56.2 Å². The first-order chi connectivity index (χ1) is 20.5. The molecular formula is C38H35N5. The zero-order chi connectivity index (χ0) is 31.0. The molecule has 5 nitrogen and oxygen atoms in total. The number of nitriles is 4. The third kappa shape index (κ3) is 8.33. The minimum Gasteiger partial charge on any atom is -0.356 e. The highest BCUT2D eigenvalue weighted by Gasteiger charge is 2.27. The van der Waals surface area contributed by atoms with Gasteiger partial charge in [-0.1, -0.05) is 88.4 Å². The molecule has 0 saturated heterocycles. The van der Waals surface area contributed by atoms with Gasteiger partial charge in [-0.3, -0.25) is 0 Å². The van der Waals surface area contributed by atoms with Gasteiger partial charge in [0.1, 0.15) is 35.4 Å². The summed E-state index contributed by atoms with van der Waals surface area (Å²) in [4.78, 5) is 0. The van der Waals surface area contributed by atoms with E-state index in [2.05, 4.69) is 81.6 Å². The minimum absolute atomic E-state index is 0.00706. The number of rotatable bonds is 6.